The minimum atomic E-state index is -0.709. The number of nitrogens with one attached hydrogen (secondary N) is 1. The van der Waals surface area contributed by atoms with Gasteiger partial charge in [-0.05, 0) is 57.5 Å². The first-order valence-corrected chi connectivity index (χ1v) is 9.05. The van der Waals surface area contributed by atoms with Gasteiger partial charge in [0.1, 0.15) is 17.5 Å². The molecule has 0 saturated carbocycles. The van der Waals surface area contributed by atoms with Gasteiger partial charge in [-0.25, -0.2) is 0 Å². The number of carbonyl (C=O) groups excluding carboxylic acids is 2. The number of ether oxygens (including phenoxy) is 2. The highest BCUT2D eigenvalue weighted by Gasteiger charge is 2.37. The van der Waals surface area contributed by atoms with Crippen LogP contribution in [0.4, 0.5) is 11.4 Å². The Labute approximate surface area is 159 Å². The van der Waals surface area contributed by atoms with Crippen LogP contribution >= 0.6 is 0 Å². The molecule has 0 fully saturated rings. The second-order valence-electron chi connectivity index (χ2n) is 6.53. The summed E-state index contributed by atoms with van der Waals surface area (Å²) in [5, 5.41) is 2.87. The number of anilines is 2. The number of hydrogen-bond acceptors (Lipinski definition) is 4. The first kappa shape index (κ1) is 18.8. The lowest BCUT2D eigenvalue weighted by Gasteiger charge is -2.36. The summed E-state index contributed by atoms with van der Waals surface area (Å²) < 4.78 is 11.2. The lowest BCUT2D eigenvalue weighted by molar-refractivity contribution is -0.128. The summed E-state index contributed by atoms with van der Waals surface area (Å²) >= 11 is 0. The average Bonchev–Trinajstić information content (AvgIpc) is 2.64. The van der Waals surface area contributed by atoms with Crippen molar-refractivity contribution >= 4 is 23.2 Å². The van der Waals surface area contributed by atoms with Crippen molar-refractivity contribution in [2.75, 3.05) is 16.8 Å². The molecule has 2 atom stereocenters. The highest BCUT2D eigenvalue weighted by atomic mass is 16.5. The van der Waals surface area contributed by atoms with E-state index in [9.17, 15) is 9.59 Å². The molecule has 1 N–H and O–H groups in total. The molecule has 0 aromatic heterocycles. The number of nitrogens with zero attached hydrogens (tertiary/aromatic N) is 1. The number of benzene rings is 2. The normalized spacial score (nSPS) is 17.0. The predicted octanol–water partition coefficient (Wildman–Crippen LogP) is 3.53. The number of hydrogen-bond donors (Lipinski definition) is 1. The number of amides is 2. The Bertz CT molecular complexity index is 865. The molecule has 0 saturated heterocycles. The minimum Gasteiger partial charge on any atom is -0.492 e. The third-order valence-corrected chi connectivity index (χ3v) is 4.47. The quantitative estimate of drug-likeness (QED) is 0.877. The van der Waals surface area contributed by atoms with Gasteiger partial charge in [-0.15, -0.1) is 0 Å². The second-order valence-corrected chi connectivity index (χ2v) is 6.53. The molecule has 0 aliphatic carbocycles. The summed E-state index contributed by atoms with van der Waals surface area (Å²) in [6.45, 7) is 7.71. The Kier molecular flexibility index (Phi) is 5.35. The molecular weight excluding hydrogens is 344 g/mol. The van der Waals surface area contributed by atoms with Gasteiger partial charge in [-0.3, -0.25) is 14.5 Å². The topological polar surface area (TPSA) is 67.9 Å². The van der Waals surface area contributed by atoms with Crippen LogP contribution < -0.4 is 19.7 Å². The Morgan fingerprint density at radius 3 is 2.78 bits per heavy atom. The van der Waals surface area contributed by atoms with E-state index in [-0.39, 0.29) is 11.8 Å². The molecular formula is C21H24N2O4. The fourth-order valence-electron chi connectivity index (χ4n) is 3.08. The van der Waals surface area contributed by atoms with Gasteiger partial charge in [-0.2, -0.15) is 0 Å². The van der Waals surface area contributed by atoms with E-state index in [1.54, 1.807) is 26.0 Å². The number of aryl methyl sites for hydroxylation is 1. The molecule has 3 rings (SSSR count). The third kappa shape index (κ3) is 3.74. The van der Waals surface area contributed by atoms with Crippen LogP contribution in [0.1, 0.15) is 26.3 Å². The van der Waals surface area contributed by atoms with E-state index in [1.807, 2.05) is 44.2 Å². The van der Waals surface area contributed by atoms with Gasteiger partial charge in [0, 0.05) is 0 Å². The summed E-state index contributed by atoms with van der Waals surface area (Å²) in [6, 6.07) is 12.1. The van der Waals surface area contributed by atoms with Crippen molar-refractivity contribution in [2.45, 2.75) is 39.8 Å². The molecule has 1 heterocycles. The molecule has 6 nitrogen and oxygen atoms in total. The number of carbonyl (C=O) groups is 2. The molecule has 6 heteroatoms. The monoisotopic (exact) mass is 368 g/mol. The molecule has 1 aliphatic rings. The number of fused-ring (bicyclic) bond motifs is 1. The molecule has 142 valence electrons. The molecule has 0 bridgehead atoms. The summed E-state index contributed by atoms with van der Waals surface area (Å²) in [7, 11) is 0. The van der Waals surface area contributed by atoms with Crippen molar-refractivity contribution in [2.24, 2.45) is 0 Å². The van der Waals surface area contributed by atoms with Crippen molar-refractivity contribution in [1.29, 1.82) is 0 Å². The zero-order valence-corrected chi connectivity index (χ0v) is 16.0. The Morgan fingerprint density at radius 1 is 1.30 bits per heavy atom. The summed E-state index contributed by atoms with van der Waals surface area (Å²) in [6.07, 6.45) is -0.647. The highest BCUT2D eigenvalue weighted by Crippen LogP contribution is 2.36. The van der Waals surface area contributed by atoms with E-state index in [0.29, 0.717) is 29.5 Å². The van der Waals surface area contributed by atoms with E-state index < -0.39 is 12.1 Å². The molecule has 0 spiro atoms. The van der Waals surface area contributed by atoms with Crippen LogP contribution in [0.25, 0.3) is 0 Å². The predicted molar refractivity (Wildman–Crippen MR) is 104 cm³/mol. The molecule has 2 amide bonds. The smallest absolute Gasteiger partial charge is 0.268 e. The highest BCUT2D eigenvalue weighted by molar-refractivity contribution is 6.08. The van der Waals surface area contributed by atoms with Gasteiger partial charge in [0.2, 0.25) is 5.91 Å². The standard InChI is InChI=1S/C21H24N2O4/c1-5-26-18-9-7-6-8-16(18)22-20(24)14(3)23-17-12-13(2)10-11-19(17)27-15(4)21(23)25/h6-12,14-15H,5H2,1-4H3,(H,22,24). The lowest BCUT2D eigenvalue weighted by atomic mass is 10.1. The van der Waals surface area contributed by atoms with Gasteiger partial charge >= 0.3 is 0 Å². The van der Waals surface area contributed by atoms with Crippen molar-refractivity contribution in [3.8, 4) is 11.5 Å². The molecule has 2 aromatic carbocycles. The SMILES string of the molecule is CCOc1ccccc1NC(=O)C(C)N1C(=O)C(C)Oc2ccc(C)cc21. The summed E-state index contributed by atoms with van der Waals surface area (Å²) in [5.41, 5.74) is 2.17. The molecule has 2 unspecified atom stereocenters. The summed E-state index contributed by atoms with van der Waals surface area (Å²) in [4.78, 5) is 27.2. The molecule has 0 radical (unpaired) electrons. The number of rotatable bonds is 5. The lowest BCUT2D eigenvalue weighted by Crippen LogP contribution is -2.52. The van der Waals surface area contributed by atoms with Crippen molar-refractivity contribution < 1.29 is 19.1 Å². The van der Waals surface area contributed by atoms with Crippen LogP contribution in [0.5, 0.6) is 11.5 Å². The van der Waals surface area contributed by atoms with Gasteiger partial charge in [0.05, 0.1) is 18.0 Å². The van der Waals surface area contributed by atoms with Gasteiger partial charge in [0.15, 0.2) is 6.10 Å². The molecule has 1 aliphatic heterocycles. The van der Waals surface area contributed by atoms with Gasteiger partial charge in [-0.1, -0.05) is 18.2 Å². The van der Waals surface area contributed by atoms with Crippen LogP contribution in [-0.4, -0.2) is 30.6 Å². The zero-order valence-electron chi connectivity index (χ0n) is 16.0. The fourth-order valence-corrected chi connectivity index (χ4v) is 3.08. The maximum Gasteiger partial charge on any atom is 0.268 e. The van der Waals surface area contributed by atoms with Crippen molar-refractivity contribution in [3.63, 3.8) is 0 Å². The molecule has 2 aromatic rings. The van der Waals surface area contributed by atoms with Crippen LogP contribution in [0, 0.1) is 6.92 Å². The van der Waals surface area contributed by atoms with E-state index in [4.69, 9.17) is 9.47 Å². The average molecular weight is 368 g/mol. The second kappa shape index (κ2) is 7.70. The van der Waals surface area contributed by atoms with Crippen LogP contribution in [0.15, 0.2) is 42.5 Å². The van der Waals surface area contributed by atoms with E-state index >= 15 is 0 Å². The maximum absolute atomic E-state index is 12.9. The van der Waals surface area contributed by atoms with Crippen molar-refractivity contribution in [3.05, 3.63) is 48.0 Å². The van der Waals surface area contributed by atoms with Gasteiger partial charge in [0.25, 0.3) is 5.91 Å². The fraction of sp³-hybridized carbons (Fsp3) is 0.333. The Morgan fingerprint density at radius 2 is 2.04 bits per heavy atom. The third-order valence-electron chi connectivity index (χ3n) is 4.47. The van der Waals surface area contributed by atoms with Crippen LogP contribution in [0.2, 0.25) is 0 Å². The van der Waals surface area contributed by atoms with Crippen molar-refractivity contribution in [1.82, 2.24) is 0 Å². The van der Waals surface area contributed by atoms with E-state index in [1.165, 1.54) is 4.90 Å². The van der Waals surface area contributed by atoms with E-state index in [0.717, 1.165) is 5.56 Å². The largest absolute Gasteiger partial charge is 0.492 e. The Balaban J connectivity index is 1.89. The maximum atomic E-state index is 12.9. The first-order valence-electron chi connectivity index (χ1n) is 9.05. The van der Waals surface area contributed by atoms with Crippen LogP contribution in [-0.2, 0) is 9.59 Å². The zero-order chi connectivity index (χ0) is 19.6. The van der Waals surface area contributed by atoms with E-state index in [2.05, 4.69) is 5.32 Å². The first-order chi connectivity index (χ1) is 12.9. The molecule has 27 heavy (non-hydrogen) atoms. The number of para-hydroxylation sites is 2. The minimum absolute atomic E-state index is 0.242. The van der Waals surface area contributed by atoms with Crippen LogP contribution in [0.3, 0.4) is 0 Å². The Hall–Kier alpha value is -3.02. The van der Waals surface area contributed by atoms with Gasteiger partial charge < -0.3 is 14.8 Å². The summed E-state index contributed by atoms with van der Waals surface area (Å²) in [5.74, 6) is 0.659.